The van der Waals surface area contributed by atoms with E-state index in [2.05, 4.69) is 30.3 Å². The fourth-order valence-corrected chi connectivity index (χ4v) is 1.54. The van der Waals surface area contributed by atoms with E-state index in [4.69, 9.17) is 15.1 Å². The van der Waals surface area contributed by atoms with Gasteiger partial charge >= 0.3 is 59.5 Å². The molecule has 0 amide bonds. The summed E-state index contributed by atoms with van der Waals surface area (Å²) in [5, 5.41) is 25.2. The molecule has 0 N–H and O–H groups in total. The molecule has 3 nitrogen and oxygen atoms in total. The van der Waals surface area contributed by atoms with Crippen molar-refractivity contribution in [3.63, 3.8) is 0 Å². The summed E-state index contributed by atoms with van der Waals surface area (Å²) in [5.74, 6) is 0. The van der Waals surface area contributed by atoms with Crippen molar-refractivity contribution in [2.45, 2.75) is 0 Å². The number of hydrogen-bond donors (Lipinski definition) is 0. The second-order valence-electron chi connectivity index (χ2n) is 1.77. The molecule has 0 aliphatic carbocycles. The maximum atomic E-state index is 8.42. The molecule has 0 bridgehead atoms. The van der Waals surface area contributed by atoms with Crippen LogP contribution in [-0.2, 0) is 26.1 Å². The van der Waals surface area contributed by atoms with Crippen LogP contribution in [0.5, 0.6) is 0 Å². The van der Waals surface area contributed by atoms with Crippen molar-refractivity contribution in [2.24, 2.45) is 0 Å². The molecule has 0 aromatic heterocycles. The standard InChI is InChI=1S/C6H5.BO3.Hg/c1-2-4-6-5-3-1;2-1(3)4;/h1-5H;;/q;-3;+3. The zero-order valence-corrected chi connectivity index (χ0v) is 11.4. The topological polar surface area (TPSA) is 69.2 Å². The van der Waals surface area contributed by atoms with Gasteiger partial charge in [-0.2, -0.15) is 0 Å². The quantitative estimate of drug-likeness (QED) is 0.472. The Balaban J connectivity index is 0.000000218. The molecule has 1 rings (SSSR count). The van der Waals surface area contributed by atoms with Gasteiger partial charge in [0.2, 0.25) is 0 Å². The van der Waals surface area contributed by atoms with Crippen LogP contribution in [0.4, 0.5) is 0 Å². The van der Waals surface area contributed by atoms with Crippen LogP contribution in [0.15, 0.2) is 30.3 Å². The molecular formula is C6H5BHgO3. The van der Waals surface area contributed by atoms with E-state index in [0.717, 1.165) is 26.1 Å². The van der Waals surface area contributed by atoms with E-state index < -0.39 is 7.32 Å². The second-order valence-corrected chi connectivity index (χ2v) is 4.95. The molecule has 0 spiro atoms. The molecule has 0 atom stereocenters. The van der Waals surface area contributed by atoms with Crippen molar-refractivity contribution in [2.75, 3.05) is 0 Å². The summed E-state index contributed by atoms with van der Waals surface area (Å²) in [4.78, 5) is 0. The summed E-state index contributed by atoms with van der Waals surface area (Å²) >= 11 is 0.810. The summed E-state index contributed by atoms with van der Waals surface area (Å²) in [6, 6.07) is 10.6. The van der Waals surface area contributed by atoms with Gasteiger partial charge in [-0.25, -0.2) is 0 Å². The Bertz CT molecular complexity index is 178. The van der Waals surface area contributed by atoms with Gasteiger partial charge in [0.25, 0.3) is 0 Å². The third-order valence-corrected chi connectivity index (χ3v) is 2.68. The Morgan fingerprint density at radius 2 is 1.36 bits per heavy atom. The molecule has 0 aliphatic heterocycles. The Morgan fingerprint density at radius 1 is 1.00 bits per heavy atom. The second kappa shape index (κ2) is 6.79. The molecule has 0 aliphatic rings. The minimum Gasteiger partial charge on any atom is -0.907 e. The van der Waals surface area contributed by atoms with Crippen molar-refractivity contribution < 1.29 is 41.2 Å². The van der Waals surface area contributed by atoms with Crippen molar-refractivity contribution >= 4 is 10.4 Å². The normalized spacial score (nSPS) is 8.09. The van der Waals surface area contributed by atoms with Crippen LogP contribution >= 0.6 is 0 Å². The first kappa shape index (κ1) is 11.1. The van der Waals surface area contributed by atoms with Crippen molar-refractivity contribution in [3.05, 3.63) is 30.3 Å². The van der Waals surface area contributed by atoms with E-state index in [0.29, 0.717) is 0 Å². The predicted molar refractivity (Wildman–Crippen MR) is 31.8 cm³/mol. The zero-order chi connectivity index (χ0) is 8.69. The summed E-state index contributed by atoms with van der Waals surface area (Å²) in [5.41, 5.74) is 0. The summed E-state index contributed by atoms with van der Waals surface area (Å²) in [7, 11) is -2.92. The van der Waals surface area contributed by atoms with Crippen LogP contribution in [0.3, 0.4) is 0 Å². The number of rotatable bonds is 0. The van der Waals surface area contributed by atoms with Crippen molar-refractivity contribution in [1.82, 2.24) is 0 Å². The van der Waals surface area contributed by atoms with Gasteiger partial charge in [-0.15, -0.1) is 0 Å². The molecule has 0 fully saturated rings. The van der Waals surface area contributed by atoms with Crippen molar-refractivity contribution in [1.29, 1.82) is 0 Å². The van der Waals surface area contributed by atoms with Gasteiger partial charge in [0.1, 0.15) is 0 Å². The molecule has 5 heteroatoms. The van der Waals surface area contributed by atoms with E-state index in [1.54, 1.807) is 0 Å². The van der Waals surface area contributed by atoms with E-state index >= 15 is 0 Å². The molecule has 1 aromatic carbocycles. The first-order chi connectivity index (χ1) is 5.13. The smallest absolute Gasteiger partial charge is 0.278 e. The molecular weight excluding hydrogens is 331 g/mol. The minimum atomic E-state index is -2.92. The molecule has 52 valence electrons. The predicted octanol–water partition coefficient (Wildman–Crippen LogP) is -3.09. The SMILES string of the molecule is [Hg+3][c]1ccccc1.[O-]B([O-])[O-]. The van der Waals surface area contributed by atoms with Crippen LogP contribution in [0.1, 0.15) is 0 Å². The van der Waals surface area contributed by atoms with E-state index in [1.807, 2.05) is 0 Å². The third-order valence-electron chi connectivity index (χ3n) is 0.843. The monoisotopic (exact) mass is 338 g/mol. The van der Waals surface area contributed by atoms with Crippen molar-refractivity contribution in [3.8, 4) is 0 Å². The van der Waals surface area contributed by atoms with Gasteiger partial charge in [0, 0.05) is 0 Å². The minimum absolute atomic E-state index is 0.810. The molecule has 0 heterocycles. The Morgan fingerprint density at radius 3 is 1.55 bits per heavy atom. The Hall–Kier alpha value is 0.1000. The average Bonchev–Trinajstić information content (AvgIpc) is 1.87. The molecule has 1 aromatic rings. The molecule has 0 radical (unpaired) electrons. The van der Waals surface area contributed by atoms with Crippen LogP contribution in [0, 0.1) is 0 Å². The fourth-order valence-electron chi connectivity index (χ4n) is 0.478. The van der Waals surface area contributed by atoms with Gasteiger partial charge < -0.3 is 15.1 Å². The van der Waals surface area contributed by atoms with Gasteiger partial charge in [0.05, 0.1) is 0 Å². The molecule has 0 saturated heterocycles. The first-order valence-electron chi connectivity index (χ1n) is 2.97. The zero-order valence-electron chi connectivity index (χ0n) is 5.90. The van der Waals surface area contributed by atoms with Gasteiger partial charge in [-0.1, -0.05) is 0 Å². The van der Waals surface area contributed by atoms with E-state index in [-0.39, 0.29) is 0 Å². The largest absolute Gasteiger partial charge is 0.907 e. The fraction of sp³-hybridized carbons (Fsp3) is 0. The van der Waals surface area contributed by atoms with Gasteiger partial charge in [-0.05, 0) is 0 Å². The molecule has 0 saturated carbocycles. The van der Waals surface area contributed by atoms with E-state index in [1.165, 1.54) is 3.07 Å². The third kappa shape index (κ3) is 10.1. The van der Waals surface area contributed by atoms with Crippen LogP contribution in [0.2, 0.25) is 0 Å². The van der Waals surface area contributed by atoms with E-state index in [9.17, 15) is 0 Å². The maximum Gasteiger partial charge on any atom is -0.278 e. The summed E-state index contributed by atoms with van der Waals surface area (Å²) in [6.45, 7) is 0. The van der Waals surface area contributed by atoms with Gasteiger partial charge in [0.15, 0.2) is 0 Å². The summed E-state index contributed by atoms with van der Waals surface area (Å²) < 4.78 is 1.52. The van der Waals surface area contributed by atoms with Crippen LogP contribution < -0.4 is 18.1 Å². The van der Waals surface area contributed by atoms with Crippen LogP contribution in [-0.4, -0.2) is 7.32 Å². The maximum absolute atomic E-state index is 8.42. The Kier molecular flexibility index (Phi) is 6.85. The van der Waals surface area contributed by atoms with Gasteiger partial charge in [-0.3, -0.25) is 7.32 Å². The molecule has 11 heavy (non-hydrogen) atoms. The number of benzene rings is 1. The average molecular weight is 337 g/mol. The summed E-state index contributed by atoms with van der Waals surface area (Å²) in [6.07, 6.45) is 0. The number of hydrogen-bond acceptors (Lipinski definition) is 3. The van der Waals surface area contributed by atoms with Crippen LogP contribution in [0.25, 0.3) is 0 Å². The first-order valence-corrected chi connectivity index (χ1v) is 5.72. The Labute approximate surface area is 81.8 Å². The molecule has 0 unspecified atom stereocenters.